The molecule has 0 spiro atoms. The highest BCUT2D eigenvalue weighted by molar-refractivity contribution is 7.89. The van der Waals surface area contributed by atoms with Gasteiger partial charge in [-0.1, -0.05) is 12.1 Å². The summed E-state index contributed by atoms with van der Waals surface area (Å²) in [6.45, 7) is 4.33. The summed E-state index contributed by atoms with van der Waals surface area (Å²) in [5.41, 5.74) is 1.73. The summed E-state index contributed by atoms with van der Waals surface area (Å²) >= 11 is 0. The zero-order chi connectivity index (χ0) is 17.2. The van der Waals surface area contributed by atoms with Gasteiger partial charge in [-0.2, -0.15) is 10.2 Å². The van der Waals surface area contributed by atoms with Gasteiger partial charge in [0.1, 0.15) is 4.90 Å². The van der Waals surface area contributed by atoms with E-state index in [1.54, 1.807) is 15.6 Å². The average molecular weight is 345 g/mol. The Morgan fingerprint density at radius 1 is 1.25 bits per heavy atom. The van der Waals surface area contributed by atoms with E-state index in [1.807, 2.05) is 50.4 Å². The first-order valence-electron chi connectivity index (χ1n) is 7.64. The first-order valence-corrected chi connectivity index (χ1v) is 9.12. The van der Waals surface area contributed by atoms with Crippen LogP contribution in [0.15, 0.2) is 60.0 Å². The number of benzene rings is 1. The molecule has 0 bridgehead atoms. The maximum absolute atomic E-state index is 12.5. The van der Waals surface area contributed by atoms with E-state index in [0.29, 0.717) is 6.54 Å². The molecule has 0 aliphatic carbocycles. The van der Waals surface area contributed by atoms with Crippen LogP contribution in [0.3, 0.4) is 0 Å². The molecule has 24 heavy (non-hydrogen) atoms. The van der Waals surface area contributed by atoms with Crippen molar-refractivity contribution in [3.63, 3.8) is 0 Å². The molecule has 0 aliphatic rings. The van der Waals surface area contributed by atoms with Gasteiger partial charge in [-0.15, -0.1) is 0 Å². The number of nitrogens with one attached hydrogen (secondary N) is 1. The van der Waals surface area contributed by atoms with E-state index < -0.39 is 10.0 Å². The van der Waals surface area contributed by atoms with Crippen molar-refractivity contribution in [1.29, 1.82) is 0 Å². The molecular formula is C16H19N5O2S. The maximum Gasteiger partial charge on any atom is 0.244 e. The summed E-state index contributed by atoms with van der Waals surface area (Å²) in [4.78, 5) is 0.166. The summed E-state index contributed by atoms with van der Waals surface area (Å²) in [6, 6.07) is 9.06. The molecule has 0 saturated carbocycles. The van der Waals surface area contributed by atoms with Gasteiger partial charge in [0.2, 0.25) is 10.0 Å². The van der Waals surface area contributed by atoms with Crippen molar-refractivity contribution in [2.24, 2.45) is 0 Å². The van der Waals surface area contributed by atoms with Gasteiger partial charge in [0.15, 0.2) is 0 Å². The molecule has 1 N–H and O–H groups in total. The van der Waals surface area contributed by atoms with Crippen LogP contribution >= 0.6 is 0 Å². The van der Waals surface area contributed by atoms with E-state index in [1.165, 1.54) is 12.4 Å². The van der Waals surface area contributed by atoms with Gasteiger partial charge in [-0.3, -0.25) is 4.68 Å². The molecular weight excluding hydrogens is 326 g/mol. The molecule has 1 aromatic carbocycles. The first-order chi connectivity index (χ1) is 11.5. The minimum atomic E-state index is -3.62. The van der Waals surface area contributed by atoms with Crippen molar-refractivity contribution < 1.29 is 8.42 Å². The third-order valence-electron chi connectivity index (χ3n) is 3.71. The van der Waals surface area contributed by atoms with E-state index in [4.69, 9.17) is 0 Å². The Bertz CT molecular complexity index is 916. The van der Waals surface area contributed by atoms with Gasteiger partial charge in [-0.05, 0) is 37.6 Å². The van der Waals surface area contributed by atoms with Crippen LogP contribution in [0.5, 0.6) is 0 Å². The maximum atomic E-state index is 12.5. The number of hydrogen-bond donors (Lipinski definition) is 1. The van der Waals surface area contributed by atoms with Crippen LogP contribution in [-0.4, -0.2) is 28.0 Å². The third kappa shape index (κ3) is 3.39. The van der Waals surface area contributed by atoms with Gasteiger partial charge >= 0.3 is 0 Å². The zero-order valence-corrected chi connectivity index (χ0v) is 14.3. The van der Waals surface area contributed by atoms with Crippen molar-refractivity contribution in [2.75, 3.05) is 0 Å². The SMILES string of the molecule is CCn1cc(S(=O)(=O)N[C@@H](C)c2cccc(-n3cccn3)c2)cn1. The molecule has 0 saturated heterocycles. The van der Waals surface area contributed by atoms with Crippen molar-refractivity contribution in [2.45, 2.75) is 31.3 Å². The van der Waals surface area contributed by atoms with Crippen molar-refractivity contribution in [1.82, 2.24) is 24.3 Å². The molecule has 1 atom stereocenters. The second-order valence-corrected chi connectivity index (χ2v) is 7.13. The number of aromatic nitrogens is 4. The molecule has 126 valence electrons. The number of rotatable bonds is 6. The van der Waals surface area contributed by atoms with E-state index >= 15 is 0 Å². The van der Waals surface area contributed by atoms with Crippen molar-refractivity contribution in [3.8, 4) is 5.69 Å². The minimum absolute atomic E-state index is 0.166. The summed E-state index contributed by atoms with van der Waals surface area (Å²) in [7, 11) is -3.62. The van der Waals surface area contributed by atoms with Gasteiger partial charge in [-0.25, -0.2) is 17.8 Å². The predicted octanol–water partition coefficient (Wildman–Crippen LogP) is 2.13. The highest BCUT2D eigenvalue weighted by atomic mass is 32.2. The second kappa shape index (κ2) is 6.58. The standard InChI is InChI=1S/C16H19N5O2S/c1-3-20-12-16(11-18-20)24(22,23)19-13(2)14-6-4-7-15(10-14)21-9-5-8-17-21/h4-13,19H,3H2,1-2H3/t13-/m0/s1. The molecule has 0 fully saturated rings. The molecule has 0 radical (unpaired) electrons. The first kappa shape index (κ1) is 16.4. The Hall–Kier alpha value is -2.45. The van der Waals surface area contributed by atoms with Crippen LogP contribution in [0, 0.1) is 0 Å². The summed E-state index contributed by atoms with van der Waals surface area (Å²) < 4.78 is 31.0. The monoisotopic (exact) mass is 345 g/mol. The Labute approximate surface area is 141 Å². The minimum Gasteiger partial charge on any atom is -0.272 e. The van der Waals surface area contributed by atoms with Crippen molar-refractivity contribution in [3.05, 3.63) is 60.7 Å². The Balaban J connectivity index is 1.82. The van der Waals surface area contributed by atoms with Crippen LogP contribution in [-0.2, 0) is 16.6 Å². The van der Waals surface area contributed by atoms with Crippen LogP contribution in [0.4, 0.5) is 0 Å². The molecule has 3 rings (SSSR count). The lowest BCUT2D eigenvalue weighted by Gasteiger charge is -2.15. The fourth-order valence-electron chi connectivity index (χ4n) is 2.38. The fourth-order valence-corrected chi connectivity index (χ4v) is 3.57. The quantitative estimate of drug-likeness (QED) is 0.742. The topological polar surface area (TPSA) is 81.8 Å². The number of nitrogens with zero attached hydrogens (tertiary/aromatic N) is 4. The van der Waals surface area contributed by atoms with E-state index in [0.717, 1.165) is 11.3 Å². The van der Waals surface area contributed by atoms with Crippen LogP contribution in [0.1, 0.15) is 25.5 Å². The Kier molecular flexibility index (Phi) is 4.50. The lowest BCUT2D eigenvalue weighted by Crippen LogP contribution is -2.26. The molecule has 0 amide bonds. The van der Waals surface area contributed by atoms with Crippen LogP contribution in [0.2, 0.25) is 0 Å². The molecule has 0 unspecified atom stereocenters. The summed E-state index contributed by atoms with van der Waals surface area (Å²) in [5.74, 6) is 0. The Morgan fingerprint density at radius 2 is 2.08 bits per heavy atom. The van der Waals surface area contributed by atoms with Crippen LogP contribution in [0.25, 0.3) is 5.69 Å². The van der Waals surface area contributed by atoms with Gasteiger partial charge in [0.05, 0.1) is 11.9 Å². The lowest BCUT2D eigenvalue weighted by atomic mass is 10.1. The Morgan fingerprint density at radius 3 is 2.75 bits per heavy atom. The largest absolute Gasteiger partial charge is 0.272 e. The third-order valence-corrected chi connectivity index (χ3v) is 5.21. The number of aryl methyl sites for hydroxylation is 1. The van der Waals surface area contributed by atoms with Crippen molar-refractivity contribution >= 4 is 10.0 Å². The highest BCUT2D eigenvalue weighted by Gasteiger charge is 2.20. The summed E-state index contributed by atoms with van der Waals surface area (Å²) in [6.07, 6.45) is 6.42. The number of sulfonamides is 1. The van der Waals surface area contributed by atoms with Gasteiger partial charge in [0, 0.05) is 31.2 Å². The normalized spacial score (nSPS) is 13.1. The zero-order valence-electron chi connectivity index (χ0n) is 13.5. The molecule has 0 aliphatic heterocycles. The highest BCUT2D eigenvalue weighted by Crippen LogP contribution is 2.19. The predicted molar refractivity (Wildman–Crippen MR) is 90.2 cm³/mol. The smallest absolute Gasteiger partial charge is 0.244 e. The average Bonchev–Trinajstić information content (AvgIpc) is 3.26. The van der Waals surface area contributed by atoms with Crippen LogP contribution < -0.4 is 4.72 Å². The van der Waals surface area contributed by atoms with E-state index in [-0.39, 0.29) is 10.9 Å². The second-order valence-electron chi connectivity index (χ2n) is 5.42. The molecule has 2 aromatic heterocycles. The van der Waals surface area contributed by atoms with E-state index in [9.17, 15) is 8.42 Å². The molecule has 2 heterocycles. The lowest BCUT2D eigenvalue weighted by molar-refractivity contribution is 0.566. The van der Waals surface area contributed by atoms with Gasteiger partial charge < -0.3 is 0 Å². The van der Waals surface area contributed by atoms with Gasteiger partial charge in [0.25, 0.3) is 0 Å². The number of hydrogen-bond acceptors (Lipinski definition) is 4. The fraction of sp³-hybridized carbons (Fsp3) is 0.250. The molecule has 7 nitrogen and oxygen atoms in total. The molecule has 8 heteroatoms. The molecule has 3 aromatic rings. The summed E-state index contributed by atoms with van der Waals surface area (Å²) in [5, 5.41) is 8.20. The van der Waals surface area contributed by atoms with E-state index in [2.05, 4.69) is 14.9 Å².